The number of halogens is 1. The van der Waals surface area contributed by atoms with Crippen molar-refractivity contribution in [2.45, 2.75) is 37.6 Å². The van der Waals surface area contributed by atoms with Crippen molar-refractivity contribution in [1.29, 1.82) is 0 Å². The molecular formula is C33H38FN3O5S. The van der Waals surface area contributed by atoms with Crippen LogP contribution >= 0.6 is 0 Å². The fraction of sp³-hybridized carbons (Fsp3) is 0.394. The molecule has 0 aromatic heterocycles. The average molecular weight is 608 g/mol. The number of ketones is 1. The first-order valence-electron chi connectivity index (χ1n) is 14.6. The normalized spacial score (nSPS) is 22.3. The molecule has 43 heavy (non-hydrogen) atoms. The maximum atomic E-state index is 15.1. The molecule has 2 heterocycles. The van der Waals surface area contributed by atoms with Crippen LogP contribution in [0.5, 0.6) is 5.75 Å². The molecule has 2 N–H and O–H groups in total. The number of aldehydes is 1. The predicted molar refractivity (Wildman–Crippen MR) is 165 cm³/mol. The van der Waals surface area contributed by atoms with Crippen LogP contribution in [0.1, 0.15) is 57.8 Å². The molecule has 1 fully saturated rings. The largest absolute Gasteiger partial charge is 0.508 e. The van der Waals surface area contributed by atoms with Crippen molar-refractivity contribution in [1.82, 2.24) is 9.62 Å². The Bertz CT molecular complexity index is 1640. The molecule has 5 rings (SSSR count). The quantitative estimate of drug-likeness (QED) is 0.277. The SMILES string of the molecule is Cc1c(F)cccc1C1CC(C=O)(C2CCCNC2)N(CCN(C)S(C)(=O)=O)c2cccc(C(=O)c3cccc(O)c3)c21. The molecule has 3 atom stereocenters. The third kappa shape index (κ3) is 5.83. The van der Waals surface area contributed by atoms with E-state index in [2.05, 4.69) is 5.32 Å². The maximum absolute atomic E-state index is 15.1. The van der Waals surface area contributed by atoms with E-state index in [-0.39, 0.29) is 42.8 Å². The number of rotatable bonds is 9. The molecule has 0 aliphatic carbocycles. The van der Waals surface area contributed by atoms with Crippen LogP contribution < -0.4 is 10.2 Å². The van der Waals surface area contributed by atoms with Crippen LogP contribution in [0, 0.1) is 18.7 Å². The molecule has 1 saturated heterocycles. The summed E-state index contributed by atoms with van der Waals surface area (Å²) >= 11 is 0. The molecule has 228 valence electrons. The lowest BCUT2D eigenvalue weighted by Gasteiger charge is -2.54. The number of aromatic hydroxyl groups is 1. The van der Waals surface area contributed by atoms with Crippen molar-refractivity contribution in [3.63, 3.8) is 0 Å². The number of sulfonamides is 1. The smallest absolute Gasteiger partial charge is 0.211 e. The first-order valence-corrected chi connectivity index (χ1v) is 16.4. The van der Waals surface area contributed by atoms with Gasteiger partial charge in [-0.25, -0.2) is 17.1 Å². The summed E-state index contributed by atoms with van der Waals surface area (Å²) in [6.07, 6.45) is 4.08. The first kappa shape index (κ1) is 30.8. The lowest BCUT2D eigenvalue weighted by atomic mass is 9.66. The van der Waals surface area contributed by atoms with E-state index in [0.717, 1.165) is 31.9 Å². The van der Waals surface area contributed by atoms with Crippen molar-refractivity contribution in [3.05, 3.63) is 94.3 Å². The van der Waals surface area contributed by atoms with Gasteiger partial charge in [0.1, 0.15) is 23.4 Å². The molecule has 2 aliphatic heterocycles. The third-order valence-electron chi connectivity index (χ3n) is 9.21. The Morgan fingerprint density at radius 3 is 2.60 bits per heavy atom. The minimum atomic E-state index is -3.49. The second-order valence-corrected chi connectivity index (χ2v) is 13.8. The Kier molecular flexibility index (Phi) is 8.74. The number of carbonyl (C=O) groups excluding carboxylic acids is 2. The minimum absolute atomic E-state index is 0.0385. The average Bonchev–Trinajstić information content (AvgIpc) is 3.00. The second-order valence-electron chi connectivity index (χ2n) is 11.7. The van der Waals surface area contributed by atoms with E-state index >= 15 is 4.39 Å². The van der Waals surface area contributed by atoms with Gasteiger partial charge in [0.05, 0.1) is 6.26 Å². The molecule has 2 aliphatic rings. The van der Waals surface area contributed by atoms with Gasteiger partial charge >= 0.3 is 0 Å². The van der Waals surface area contributed by atoms with Crippen LogP contribution in [0.2, 0.25) is 0 Å². The highest BCUT2D eigenvalue weighted by Crippen LogP contribution is 2.51. The Morgan fingerprint density at radius 2 is 1.93 bits per heavy atom. The van der Waals surface area contributed by atoms with Gasteiger partial charge in [-0.15, -0.1) is 0 Å². The zero-order chi connectivity index (χ0) is 30.9. The first-order chi connectivity index (χ1) is 20.5. The third-order valence-corrected chi connectivity index (χ3v) is 10.5. The summed E-state index contributed by atoms with van der Waals surface area (Å²) in [7, 11) is -1.98. The minimum Gasteiger partial charge on any atom is -0.508 e. The van der Waals surface area contributed by atoms with E-state index in [1.807, 2.05) is 17.0 Å². The fourth-order valence-corrected chi connectivity index (χ4v) is 7.21. The van der Waals surface area contributed by atoms with Gasteiger partial charge in [0.15, 0.2) is 5.78 Å². The molecule has 8 nitrogen and oxygen atoms in total. The topological polar surface area (TPSA) is 107 Å². The number of hydrogen-bond acceptors (Lipinski definition) is 7. The number of carbonyl (C=O) groups is 2. The lowest BCUT2D eigenvalue weighted by molar-refractivity contribution is -0.115. The number of benzene rings is 3. The van der Waals surface area contributed by atoms with E-state index in [4.69, 9.17) is 0 Å². The molecule has 3 aromatic rings. The fourth-order valence-electron chi connectivity index (χ4n) is 6.79. The van der Waals surface area contributed by atoms with E-state index in [9.17, 15) is 23.1 Å². The summed E-state index contributed by atoms with van der Waals surface area (Å²) in [6, 6.07) is 16.4. The standard InChI is InChI=1S/C33H38FN3O5S/c1-22-26(11-5-13-29(22)34)28-19-33(21-38,24-9-7-15-35-20-24)37(17-16-36(2)43(3,41)42)30-14-6-12-27(31(28)30)32(40)23-8-4-10-25(39)18-23/h4-6,8,10-14,18,21,24,28,35,39H,7,9,15-17,19-20H2,1-3H3. The second kappa shape index (κ2) is 12.2. The number of hydrogen-bond donors (Lipinski definition) is 2. The number of phenols is 1. The van der Waals surface area contributed by atoms with Crippen molar-refractivity contribution < 1.29 is 27.5 Å². The number of fused-ring (bicyclic) bond motifs is 1. The van der Waals surface area contributed by atoms with Crippen molar-refractivity contribution in [2.24, 2.45) is 5.92 Å². The molecule has 3 unspecified atom stereocenters. The molecule has 0 spiro atoms. The Morgan fingerprint density at radius 1 is 1.19 bits per heavy atom. The summed E-state index contributed by atoms with van der Waals surface area (Å²) < 4.78 is 41.0. The Balaban J connectivity index is 1.77. The van der Waals surface area contributed by atoms with Crippen LogP contribution in [0.15, 0.2) is 60.7 Å². The highest BCUT2D eigenvalue weighted by atomic mass is 32.2. The van der Waals surface area contributed by atoms with Crippen LogP contribution in [-0.4, -0.2) is 74.9 Å². The number of nitrogens with one attached hydrogen (secondary N) is 1. The van der Waals surface area contributed by atoms with Gasteiger partial charge in [-0.1, -0.05) is 36.4 Å². The van der Waals surface area contributed by atoms with Crippen molar-refractivity contribution in [3.8, 4) is 5.75 Å². The molecular weight excluding hydrogens is 569 g/mol. The molecule has 10 heteroatoms. The summed E-state index contributed by atoms with van der Waals surface area (Å²) in [5, 5.41) is 13.5. The van der Waals surface area contributed by atoms with E-state index in [1.165, 1.54) is 29.6 Å². The zero-order valence-corrected chi connectivity index (χ0v) is 25.5. The number of anilines is 1. The van der Waals surface area contributed by atoms with E-state index < -0.39 is 21.5 Å². The maximum Gasteiger partial charge on any atom is 0.211 e. The number of piperidine rings is 1. The Labute approximate surface area is 252 Å². The number of nitrogens with zero attached hydrogens (tertiary/aromatic N) is 2. The summed E-state index contributed by atoms with van der Waals surface area (Å²) in [6.45, 7) is 3.49. The van der Waals surface area contributed by atoms with Gasteiger partial charge in [-0.3, -0.25) is 4.79 Å². The van der Waals surface area contributed by atoms with Gasteiger partial charge in [0, 0.05) is 55.3 Å². The van der Waals surface area contributed by atoms with Crippen LogP contribution in [0.4, 0.5) is 10.1 Å². The number of phenolic OH excluding ortho intramolecular Hbond substituents is 1. The van der Waals surface area contributed by atoms with Gasteiger partial charge in [-0.05, 0) is 73.7 Å². The van der Waals surface area contributed by atoms with Gasteiger partial charge < -0.3 is 20.1 Å². The zero-order valence-electron chi connectivity index (χ0n) is 24.7. The molecule has 0 radical (unpaired) electrons. The molecule has 0 saturated carbocycles. The number of likely N-dealkylation sites (N-methyl/N-ethyl adjacent to an activating group) is 1. The summed E-state index contributed by atoms with van der Waals surface area (Å²) in [5.74, 6) is -1.32. The van der Waals surface area contributed by atoms with Crippen molar-refractivity contribution in [2.75, 3.05) is 44.4 Å². The summed E-state index contributed by atoms with van der Waals surface area (Å²) in [4.78, 5) is 29.5. The van der Waals surface area contributed by atoms with Crippen molar-refractivity contribution >= 4 is 27.8 Å². The predicted octanol–water partition coefficient (Wildman–Crippen LogP) is 4.24. The molecule has 3 aromatic carbocycles. The Hall–Kier alpha value is -3.60. The van der Waals surface area contributed by atoms with Gasteiger partial charge in [-0.2, -0.15) is 0 Å². The van der Waals surface area contributed by atoms with E-state index in [1.54, 1.807) is 37.3 Å². The van der Waals surface area contributed by atoms with Crippen LogP contribution in [-0.2, 0) is 14.8 Å². The van der Waals surface area contributed by atoms with Gasteiger partial charge in [0.2, 0.25) is 10.0 Å². The highest BCUT2D eigenvalue weighted by Gasteiger charge is 2.51. The summed E-state index contributed by atoms with van der Waals surface area (Å²) in [5.41, 5.74) is 2.09. The monoisotopic (exact) mass is 607 g/mol. The van der Waals surface area contributed by atoms with E-state index in [0.29, 0.717) is 40.0 Å². The van der Waals surface area contributed by atoms with Crippen LogP contribution in [0.3, 0.4) is 0 Å². The molecule has 0 bridgehead atoms. The van der Waals surface area contributed by atoms with Gasteiger partial charge in [0.25, 0.3) is 0 Å². The van der Waals surface area contributed by atoms with Crippen LogP contribution in [0.25, 0.3) is 0 Å². The lowest BCUT2D eigenvalue weighted by Crippen LogP contribution is -2.63. The molecule has 0 amide bonds. The highest BCUT2D eigenvalue weighted by molar-refractivity contribution is 7.88.